The second-order valence-electron chi connectivity index (χ2n) is 8.90. The van der Waals surface area contributed by atoms with Gasteiger partial charge in [0.15, 0.2) is 5.78 Å². The summed E-state index contributed by atoms with van der Waals surface area (Å²) in [7, 11) is 0. The SMILES string of the molecule is CC(C)C(C(=O)NC(CC(=O)O)C(=O)CF)N1Cc2ccc(-c3coc4ccccc34)cc2C1=O. The number of carboxylic acids is 1. The molecule has 35 heavy (non-hydrogen) atoms. The van der Waals surface area contributed by atoms with Crippen molar-refractivity contribution in [3.8, 4) is 11.1 Å². The van der Waals surface area contributed by atoms with Gasteiger partial charge in [0.25, 0.3) is 5.91 Å². The van der Waals surface area contributed by atoms with Crippen molar-refractivity contribution < 1.29 is 33.1 Å². The van der Waals surface area contributed by atoms with Crippen molar-refractivity contribution in [3.63, 3.8) is 0 Å². The third kappa shape index (κ3) is 4.66. The van der Waals surface area contributed by atoms with Crippen LogP contribution in [0.3, 0.4) is 0 Å². The summed E-state index contributed by atoms with van der Waals surface area (Å²) in [4.78, 5) is 50.8. The first-order valence-electron chi connectivity index (χ1n) is 11.2. The van der Waals surface area contributed by atoms with E-state index in [0.717, 1.165) is 27.7 Å². The minimum absolute atomic E-state index is 0.178. The molecule has 1 aromatic heterocycles. The quantitative estimate of drug-likeness (QED) is 0.484. The molecule has 2 unspecified atom stereocenters. The maximum Gasteiger partial charge on any atom is 0.305 e. The number of alkyl halides is 1. The summed E-state index contributed by atoms with van der Waals surface area (Å²) in [5, 5.41) is 12.3. The van der Waals surface area contributed by atoms with Gasteiger partial charge in [-0.15, -0.1) is 0 Å². The Balaban J connectivity index is 1.60. The van der Waals surface area contributed by atoms with Crippen LogP contribution in [-0.2, 0) is 20.9 Å². The van der Waals surface area contributed by atoms with Gasteiger partial charge in [0, 0.05) is 23.1 Å². The van der Waals surface area contributed by atoms with Crippen LogP contribution in [0.1, 0.15) is 36.2 Å². The maximum atomic E-state index is 13.4. The second-order valence-corrected chi connectivity index (χ2v) is 8.90. The Morgan fingerprint density at radius 3 is 2.57 bits per heavy atom. The van der Waals surface area contributed by atoms with E-state index in [0.29, 0.717) is 5.56 Å². The minimum Gasteiger partial charge on any atom is -0.481 e. The summed E-state index contributed by atoms with van der Waals surface area (Å²) in [6, 6.07) is 10.6. The number of nitrogens with zero attached hydrogens (tertiary/aromatic N) is 1. The number of halogens is 1. The fourth-order valence-electron chi connectivity index (χ4n) is 4.49. The van der Waals surface area contributed by atoms with Gasteiger partial charge < -0.3 is 19.7 Å². The van der Waals surface area contributed by atoms with E-state index in [4.69, 9.17) is 9.52 Å². The summed E-state index contributed by atoms with van der Waals surface area (Å²) in [6.45, 7) is 2.26. The average Bonchev–Trinajstić information content (AvgIpc) is 3.39. The van der Waals surface area contributed by atoms with E-state index in [9.17, 15) is 23.6 Å². The number of hydrogen-bond donors (Lipinski definition) is 2. The first kappa shape index (κ1) is 24.1. The molecular formula is C26H25FN2O6. The van der Waals surface area contributed by atoms with Crippen LogP contribution < -0.4 is 5.32 Å². The molecule has 0 aliphatic carbocycles. The zero-order valence-corrected chi connectivity index (χ0v) is 19.3. The molecule has 0 saturated heterocycles. The Bertz CT molecular complexity index is 1310. The third-order valence-corrected chi connectivity index (χ3v) is 6.19. The number of furan rings is 1. The van der Waals surface area contributed by atoms with Gasteiger partial charge in [-0.1, -0.05) is 44.2 Å². The Morgan fingerprint density at radius 1 is 1.14 bits per heavy atom. The molecule has 0 bridgehead atoms. The van der Waals surface area contributed by atoms with E-state index in [1.165, 1.54) is 4.90 Å². The van der Waals surface area contributed by atoms with Gasteiger partial charge in [-0.25, -0.2) is 4.39 Å². The highest BCUT2D eigenvalue weighted by atomic mass is 19.1. The highest BCUT2D eigenvalue weighted by Gasteiger charge is 2.39. The normalized spacial score (nSPS) is 14.7. The van der Waals surface area contributed by atoms with Crippen LogP contribution in [0.4, 0.5) is 4.39 Å². The van der Waals surface area contributed by atoms with Gasteiger partial charge in [-0.3, -0.25) is 19.2 Å². The zero-order valence-electron chi connectivity index (χ0n) is 19.3. The Hall–Kier alpha value is -4.01. The fraction of sp³-hybridized carbons (Fsp3) is 0.308. The molecule has 2 heterocycles. The molecule has 1 aliphatic rings. The molecule has 1 aliphatic heterocycles. The van der Waals surface area contributed by atoms with E-state index in [2.05, 4.69) is 5.32 Å². The number of benzene rings is 2. The average molecular weight is 480 g/mol. The number of carboxylic acid groups (broad SMARTS) is 1. The van der Waals surface area contributed by atoms with Crippen molar-refractivity contribution in [1.29, 1.82) is 0 Å². The lowest BCUT2D eigenvalue weighted by molar-refractivity contribution is -0.140. The van der Waals surface area contributed by atoms with E-state index < -0.39 is 42.8 Å². The number of hydrogen-bond acceptors (Lipinski definition) is 5. The number of fused-ring (bicyclic) bond motifs is 2. The number of rotatable bonds is 9. The van der Waals surface area contributed by atoms with Crippen LogP contribution >= 0.6 is 0 Å². The summed E-state index contributed by atoms with van der Waals surface area (Å²) < 4.78 is 18.5. The number of para-hydroxylation sites is 1. The molecule has 2 amide bonds. The van der Waals surface area contributed by atoms with Gasteiger partial charge in [0.1, 0.15) is 24.3 Å². The molecule has 0 fully saturated rings. The topological polar surface area (TPSA) is 117 Å². The van der Waals surface area contributed by atoms with Crippen molar-refractivity contribution in [3.05, 3.63) is 59.9 Å². The van der Waals surface area contributed by atoms with Crippen LogP contribution in [0.25, 0.3) is 22.1 Å². The van der Waals surface area contributed by atoms with Gasteiger partial charge in [-0.2, -0.15) is 0 Å². The number of carbonyl (C=O) groups is 4. The van der Waals surface area contributed by atoms with Crippen LogP contribution in [0.15, 0.2) is 53.1 Å². The van der Waals surface area contributed by atoms with E-state index in [1.54, 1.807) is 26.2 Å². The summed E-state index contributed by atoms with van der Waals surface area (Å²) in [5.41, 5.74) is 3.56. The van der Waals surface area contributed by atoms with E-state index in [-0.39, 0.29) is 18.4 Å². The summed E-state index contributed by atoms with van der Waals surface area (Å²) in [6.07, 6.45) is 0.897. The Morgan fingerprint density at radius 2 is 1.89 bits per heavy atom. The number of carbonyl (C=O) groups excluding carboxylic acids is 3. The van der Waals surface area contributed by atoms with Gasteiger partial charge >= 0.3 is 5.97 Å². The molecule has 0 spiro atoms. The van der Waals surface area contributed by atoms with Crippen LogP contribution in [0.5, 0.6) is 0 Å². The molecular weight excluding hydrogens is 455 g/mol. The number of nitrogens with one attached hydrogen (secondary N) is 1. The van der Waals surface area contributed by atoms with Crippen LogP contribution in [-0.4, -0.2) is 52.3 Å². The minimum atomic E-state index is -1.51. The first-order chi connectivity index (χ1) is 16.7. The van der Waals surface area contributed by atoms with Gasteiger partial charge in [0.2, 0.25) is 5.91 Å². The molecule has 8 nitrogen and oxygen atoms in total. The number of aliphatic carboxylic acids is 1. The molecule has 3 aromatic rings. The lowest BCUT2D eigenvalue weighted by Crippen LogP contribution is -2.54. The fourth-order valence-corrected chi connectivity index (χ4v) is 4.49. The Labute approximate surface area is 200 Å². The molecule has 2 atom stereocenters. The third-order valence-electron chi connectivity index (χ3n) is 6.19. The highest BCUT2D eigenvalue weighted by Crippen LogP contribution is 2.35. The molecule has 2 aromatic carbocycles. The van der Waals surface area contributed by atoms with Crippen molar-refractivity contribution in [2.75, 3.05) is 6.67 Å². The van der Waals surface area contributed by atoms with Crippen LogP contribution in [0, 0.1) is 5.92 Å². The summed E-state index contributed by atoms with van der Waals surface area (Å²) >= 11 is 0. The van der Waals surface area contributed by atoms with E-state index in [1.807, 2.05) is 36.4 Å². The smallest absolute Gasteiger partial charge is 0.305 e. The van der Waals surface area contributed by atoms with E-state index >= 15 is 0 Å². The van der Waals surface area contributed by atoms with Crippen molar-refractivity contribution >= 4 is 34.5 Å². The lowest BCUT2D eigenvalue weighted by Gasteiger charge is -2.31. The molecule has 0 radical (unpaired) electrons. The second kappa shape index (κ2) is 9.69. The van der Waals surface area contributed by atoms with Gasteiger partial charge in [-0.05, 0) is 29.2 Å². The number of amides is 2. The lowest BCUT2D eigenvalue weighted by atomic mass is 9.99. The number of Topliss-reactive ketones (excluding diaryl/α,β-unsaturated/α-hetero) is 1. The van der Waals surface area contributed by atoms with Gasteiger partial charge in [0.05, 0.1) is 12.7 Å². The zero-order chi connectivity index (χ0) is 25.3. The van der Waals surface area contributed by atoms with Crippen LogP contribution in [0.2, 0.25) is 0 Å². The highest BCUT2D eigenvalue weighted by molar-refractivity contribution is 6.04. The molecule has 9 heteroatoms. The molecule has 4 rings (SSSR count). The molecule has 2 N–H and O–H groups in total. The predicted molar refractivity (Wildman–Crippen MR) is 125 cm³/mol. The Kier molecular flexibility index (Phi) is 6.68. The standard InChI is InChI=1S/C26H25FN2O6/c1-14(2)24(25(33)28-20(10-23(31)32)21(30)11-27)29-12-16-8-7-15(9-18(16)26(29)34)19-13-35-22-6-4-3-5-17(19)22/h3-9,13-14,20,24H,10-12H2,1-2H3,(H,28,33)(H,31,32). The summed E-state index contributed by atoms with van der Waals surface area (Å²) in [5.74, 6) is -3.78. The predicted octanol–water partition coefficient (Wildman–Crippen LogP) is 3.58. The monoisotopic (exact) mass is 480 g/mol. The molecule has 182 valence electrons. The van der Waals surface area contributed by atoms with Crippen molar-refractivity contribution in [1.82, 2.24) is 10.2 Å². The molecule has 0 saturated carbocycles. The first-order valence-corrected chi connectivity index (χ1v) is 11.2. The largest absolute Gasteiger partial charge is 0.481 e. The maximum absolute atomic E-state index is 13.4. The number of ketones is 1. The van der Waals surface area contributed by atoms with Crippen molar-refractivity contribution in [2.24, 2.45) is 5.92 Å². The van der Waals surface area contributed by atoms with Crippen molar-refractivity contribution in [2.45, 2.75) is 38.9 Å².